The van der Waals surface area contributed by atoms with Crippen molar-refractivity contribution in [3.8, 4) is 0 Å². The molecule has 2 aromatic rings. The molecule has 1 aliphatic carbocycles. The molecule has 1 unspecified atom stereocenters. The number of unbranched alkanes of at least 4 members (excludes halogenated alkanes) is 1. The van der Waals surface area contributed by atoms with Crippen molar-refractivity contribution in [1.29, 1.82) is 0 Å². The van der Waals surface area contributed by atoms with Gasteiger partial charge in [-0.2, -0.15) is 13.2 Å². The fourth-order valence-electron chi connectivity index (χ4n) is 5.13. The molecule has 1 saturated carbocycles. The van der Waals surface area contributed by atoms with E-state index >= 15 is 0 Å². The number of hydrogen-bond acceptors (Lipinski definition) is 2. The Balaban J connectivity index is 1.67. The van der Waals surface area contributed by atoms with Crippen molar-refractivity contribution in [3.63, 3.8) is 0 Å². The molecular formula is C23H26F3NO. The molecule has 0 saturated heterocycles. The van der Waals surface area contributed by atoms with E-state index in [2.05, 4.69) is 17.4 Å². The van der Waals surface area contributed by atoms with Gasteiger partial charge >= 0.3 is 6.18 Å². The molecule has 1 aliphatic heterocycles. The Morgan fingerprint density at radius 3 is 2.50 bits per heavy atom. The second-order valence-electron chi connectivity index (χ2n) is 8.16. The van der Waals surface area contributed by atoms with Crippen molar-refractivity contribution >= 4 is 5.69 Å². The Morgan fingerprint density at radius 2 is 1.79 bits per heavy atom. The average Bonchev–Trinajstić information content (AvgIpc) is 3.11. The number of halogens is 3. The molecule has 4 rings (SSSR count). The maximum absolute atomic E-state index is 13.3. The number of benzene rings is 2. The minimum absolute atomic E-state index is 0.123. The smallest absolute Gasteiger partial charge is 0.396 e. The van der Waals surface area contributed by atoms with Crippen molar-refractivity contribution < 1.29 is 18.3 Å². The Hall–Kier alpha value is -2.01. The molecule has 0 amide bonds. The number of fused-ring (bicyclic) bond motifs is 3. The van der Waals surface area contributed by atoms with Crippen LogP contribution in [0.3, 0.4) is 0 Å². The lowest BCUT2D eigenvalue weighted by Gasteiger charge is -2.38. The zero-order valence-corrected chi connectivity index (χ0v) is 15.8. The maximum atomic E-state index is 13.3. The summed E-state index contributed by atoms with van der Waals surface area (Å²) in [7, 11) is 0. The van der Waals surface area contributed by atoms with Gasteiger partial charge in [-0.15, -0.1) is 0 Å². The molecule has 2 aromatic carbocycles. The first-order valence-corrected chi connectivity index (χ1v) is 10.1. The SMILES string of the molecule is OCCCC[C@H]1CC2c3cc(C(F)(F)F)ccc3N[C@@H](c3ccccc3)[C@@H]2C1. The van der Waals surface area contributed by atoms with E-state index in [0.29, 0.717) is 5.92 Å². The van der Waals surface area contributed by atoms with Crippen LogP contribution in [0.5, 0.6) is 0 Å². The fourth-order valence-corrected chi connectivity index (χ4v) is 5.13. The number of aliphatic hydroxyl groups is 1. The van der Waals surface area contributed by atoms with E-state index in [1.807, 2.05) is 18.2 Å². The second-order valence-corrected chi connectivity index (χ2v) is 8.16. The zero-order valence-electron chi connectivity index (χ0n) is 15.8. The van der Waals surface area contributed by atoms with Crippen LogP contribution < -0.4 is 5.32 Å². The third-order valence-corrected chi connectivity index (χ3v) is 6.41. The van der Waals surface area contributed by atoms with Gasteiger partial charge in [0.2, 0.25) is 0 Å². The summed E-state index contributed by atoms with van der Waals surface area (Å²) >= 11 is 0. The zero-order chi connectivity index (χ0) is 19.7. The fraction of sp³-hybridized carbons (Fsp3) is 0.478. The lowest BCUT2D eigenvalue weighted by Crippen LogP contribution is -2.29. The first kappa shape index (κ1) is 19.3. The predicted molar refractivity (Wildman–Crippen MR) is 104 cm³/mol. The number of aliphatic hydroxyl groups excluding tert-OH is 1. The molecule has 0 bridgehead atoms. The van der Waals surface area contributed by atoms with Crippen LogP contribution in [-0.2, 0) is 6.18 Å². The van der Waals surface area contributed by atoms with Gasteiger partial charge < -0.3 is 10.4 Å². The summed E-state index contributed by atoms with van der Waals surface area (Å²) in [4.78, 5) is 0. The van der Waals surface area contributed by atoms with E-state index in [1.54, 1.807) is 6.07 Å². The molecular weight excluding hydrogens is 363 g/mol. The van der Waals surface area contributed by atoms with Crippen molar-refractivity contribution in [2.24, 2.45) is 11.8 Å². The van der Waals surface area contributed by atoms with Crippen molar-refractivity contribution in [2.45, 2.75) is 50.2 Å². The number of rotatable bonds is 5. The lowest BCUT2D eigenvalue weighted by atomic mass is 9.77. The molecule has 150 valence electrons. The van der Waals surface area contributed by atoms with E-state index in [4.69, 9.17) is 5.11 Å². The van der Waals surface area contributed by atoms with Gasteiger partial charge in [0, 0.05) is 12.3 Å². The van der Waals surface area contributed by atoms with Crippen LogP contribution in [0.4, 0.5) is 18.9 Å². The number of alkyl halides is 3. The van der Waals surface area contributed by atoms with Crippen LogP contribution >= 0.6 is 0 Å². The molecule has 0 radical (unpaired) electrons. The highest BCUT2D eigenvalue weighted by atomic mass is 19.4. The Bertz CT molecular complexity index is 805. The first-order valence-electron chi connectivity index (χ1n) is 10.1. The molecule has 4 atom stereocenters. The lowest BCUT2D eigenvalue weighted by molar-refractivity contribution is -0.137. The van der Waals surface area contributed by atoms with Gasteiger partial charge in [-0.3, -0.25) is 0 Å². The highest BCUT2D eigenvalue weighted by Crippen LogP contribution is 2.56. The van der Waals surface area contributed by atoms with Crippen LogP contribution in [-0.4, -0.2) is 11.7 Å². The number of nitrogens with one attached hydrogen (secondary N) is 1. The average molecular weight is 389 g/mol. The van der Waals surface area contributed by atoms with Crippen LogP contribution in [0, 0.1) is 11.8 Å². The molecule has 2 N–H and O–H groups in total. The van der Waals surface area contributed by atoms with Gasteiger partial charge in [0.05, 0.1) is 11.6 Å². The van der Waals surface area contributed by atoms with Crippen LogP contribution in [0.1, 0.15) is 60.8 Å². The Labute approximate surface area is 163 Å². The summed E-state index contributed by atoms with van der Waals surface area (Å²) in [6.07, 6.45) is 0.414. The molecule has 1 heterocycles. The second kappa shape index (κ2) is 7.78. The third-order valence-electron chi connectivity index (χ3n) is 6.41. The predicted octanol–water partition coefficient (Wildman–Crippen LogP) is 6.14. The normalized spacial score (nSPS) is 26.4. The van der Waals surface area contributed by atoms with E-state index in [1.165, 1.54) is 17.7 Å². The van der Waals surface area contributed by atoms with Crippen LogP contribution in [0.25, 0.3) is 0 Å². The highest BCUT2D eigenvalue weighted by molar-refractivity contribution is 5.59. The summed E-state index contributed by atoms with van der Waals surface area (Å²) in [5.41, 5.74) is 2.28. The van der Waals surface area contributed by atoms with E-state index in [-0.39, 0.29) is 24.5 Å². The quantitative estimate of drug-likeness (QED) is 0.602. The van der Waals surface area contributed by atoms with E-state index in [9.17, 15) is 13.2 Å². The monoisotopic (exact) mass is 389 g/mol. The topological polar surface area (TPSA) is 32.3 Å². The van der Waals surface area contributed by atoms with Gasteiger partial charge in [0.15, 0.2) is 0 Å². The van der Waals surface area contributed by atoms with Crippen LogP contribution in [0.2, 0.25) is 0 Å². The van der Waals surface area contributed by atoms with Crippen molar-refractivity contribution in [2.75, 3.05) is 11.9 Å². The van der Waals surface area contributed by atoms with Gasteiger partial charge in [0.25, 0.3) is 0 Å². The number of anilines is 1. The highest BCUT2D eigenvalue weighted by Gasteiger charge is 2.44. The van der Waals surface area contributed by atoms with Crippen molar-refractivity contribution in [3.05, 3.63) is 65.2 Å². The standard InChI is InChI=1S/C23H26F3NO/c24-23(25,26)17-9-10-21-19(14-17)18-12-15(6-4-5-11-28)13-20(18)22(27-21)16-7-2-1-3-8-16/h1-3,7-10,14-15,18,20,22,27-28H,4-6,11-13H2/t15-,18?,20+,22-/m0/s1. The summed E-state index contributed by atoms with van der Waals surface area (Å²) in [5, 5.41) is 12.6. The van der Waals surface area contributed by atoms with Gasteiger partial charge in [-0.1, -0.05) is 43.2 Å². The van der Waals surface area contributed by atoms with Gasteiger partial charge in [-0.25, -0.2) is 0 Å². The molecule has 0 aromatic heterocycles. The third kappa shape index (κ3) is 3.77. The molecule has 2 nitrogen and oxygen atoms in total. The van der Waals surface area contributed by atoms with Crippen LogP contribution in [0.15, 0.2) is 48.5 Å². The van der Waals surface area contributed by atoms with Gasteiger partial charge in [0.1, 0.15) is 0 Å². The van der Waals surface area contributed by atoms with Crippen molar-refractivity contribution in [1.82, 2.24) is 0 Å². The minimum atomic E-state index is -4.32. The molecule has 5 heteroatoms. The van der Waals surface area contributed by atoms with Gasteiger partial charge in [-0.05, 0) is 66.3 Å². The molecule has 1 fully saturated rings. The summed E-state index contributed by atoms with van der Waals surface area (Å²) in [6, 6.07) is 14.5. The maximum Gasteiger partial charge on any atom is 0.416 e. The largest absolute Gasteiger partial charge is 0.416 e. The first-order chi connectivity index (χ1) is 13.5. The molecule has 2 aliphatic rings. The molecule has 28 heavy (non-hydrogen) atoms. The van der Waals surface area contributed by atoms with E-state index < -0.39 is 11.7 Å². The summed E-state index contributed by atoms with van der Waals surface area (Å²) in [5.74, 6) is 0.926. The summed E-state index contributed by atoms with van der Waals surface area (Å²) in [6.45, 7) is 0.200. The minimum Gasteiger partial charge on any atom is -0.396 e. The number of hydrogen-bond donors (Lipinski definition) is 2. The Morgan fingerprint density at radius 1 is 1.00 bits per heavy atom. The Kier molecular flexibility index (Phi) is 5.37. The molecule has 0 spiro atoms. The van der Waals surface area contributed by atoms with E-state index in [0.717, 1.165) is 43.4 Å². The summed E-state index contributed by atoms with van der Waals surface area (Å²) < 4.78 is 39.8.